The molecule has 2 atom stereocenters. The zero-order valence-corrected chi connectivity index (χ0v) is 26.0. The van der Waals surface area contributed by atoms with E-state index in [9.17, 15) is 9.59 Å². The van der Waals surface area contributed by atoms with Crippen molar-refractivity contribution >= 4 is 40.6 Å². The summed E-state index contributed by atoms with van der Waals surface area (Å²) in [7, 11) is 3.98. The number of likely N-dealkylation sites (tertiary alicyclic amines) is 2. The fraction of sp³-hybridized carbons (Fsp3) is 0.424. The Morgan fingerprint density at radius 3 is 2.21 bits per heavy atom. The molecule has 3 heterocycles. The predicted molar refractivity (Wildman–Crippen MR) is 171 cm³/mol. The first-order valence-corrected chi connectivity index (χ1v) is 15.0. The minimum Gasteiger partial charge on any atom is -0.378 e. The number of aryl methyl sites for hydroxylation is 3. The number of hydrogen-bond acceptors (Lipinski definition) is 5. The van der Waals surface area contributed by atoms with Gasteiger partial charge in [0, 0.05) is 75.1 Å². The van der Waals surface area contributed by atoms with Crippen molar-refractivity contribution in [3.63, 3.8) is 0 Å². The Hall–Kier alpha value is -3.62. The number of carbonyl (C=O) groups excluding carboxylic acids is 2. The molecule has 0 saturated carbocycles. The molecule has 2 aromatic carbocycles. The molecular weight excluding hydrogens is 548 g/mol. The SMILES string of the molecule is Cc1ccc(N(CCCN2CC3CN(C(=O)c4c(C)ccnc4C)CC3C2)C(=O)Nc2ccc(N(C)C)cc2)cc1Cl. The van der Waals surface area contributed by atoms with Crippen LogP contribution in [0.25, 0.3) is 0 Å². The van der Waals surface area contributed by atoms with E-state index in [0.29, 0.717) is 23.4 Å². The van der Waals surface area contributed by atoms with E-state index >= 15 is 0 Å². The Bertz CT molecular complexity index is 1410. The average Bonchev–Trinajstić information content (AvgIpc) is 3.52. The van der Waals surface area contributed by atoms with Crippen molar-refractivity contribution in [3.05, 3.63) is 82.1 Å². The van der Waals surface area contributed by atoms with E-state index < -0.39 is 0 Å². The molecular formula is C33H41ClN6O2. The molecule has 2 unspecified atom stereocenters. The van der Waals surface area contributed by atoms with Crippen LogP contribution < -0.4 is 15.1 Å². The van der Waals surface area contributed by atoms with Crippen molar-refractivity contribution in [2.45, 2.75) is 27.2 Å². The predicted octanol–water partition coefficient (Wildman–Crippen LogP) is 5.86. The first kappa shape index (κ1) is 29.9. The van der Waals surface area contributed by atoms with Crippen LogP contribution in [0.3, 0.4) is 0 Å². The van der Waals surface area contributed by atoms with Crippen molar-refractivity contribution in [1.29, 1.82) is 0 Å². The lowest BCUT2D eigenvalue weighted by Crippen LogP contribution is -2.38. The third kappa shape index (κ3) is 6.55. The van der Waals surface area contributed by atoms with Gasteiger partial charge in [-0.25, -0.2) is 4.79 Å². The smallest absolute Gasteiger partial charge is 0.326 e. The van der Waals surface area contributed by atoms with Gasteiger partial charge in [-0.1, -0.05) is 17.7 Å². The highest BCUT2D eigenvalue weighted by Gasteiger charge is 2.42. The summed E-state index contributed by atoms with van der Waals surface area (Å²) < 4.78 is 0. The molecule has 222 valence electrons. The first-order chi connectivity index (χ1) is 20.1. The van der Waals surface area contributed by atoms with Crippen molar-refractivity contribution in [2.75, 3.05) is 68.5 Å². The summed E-state index contributed by atoms with van der Waals surface area (Å²) in [5.41, 5.74) is 6.11. The summed E-state index contributed by atoms with van der Waals surface area (Å²) in [5.74, 6) is 1.06. The Kier molecular flexibility index (Phi) is 9.04. The number of pyridine rings is 1. The minimum atomic E-state index is -0.180. The minimum absolute atomic E-state index is 0.105. The summed E-state index contributed by atoms with van der Waals surface area (Å²) >= 11 is 6.45. The van der Waals surface area contributed by atoms with Gasteiger partial charge in [-0.2, -0.15) is 0 Å². The summed E-state index contributed by atoms with van der Waals surface area (Å²) in [6.07, 6.45) is 2.59. The van der Waals surface area contributed by atoms with Gasteiger partial charge < -0.3 is 20.0 Å². The van der Waals surface area contributed by atoms with Crippen molar-refractivity contribution < 1.29 is 9.59 Å². The third-order valence-corrected chi connectivity index (χ3v) is 9.02. The Balaban J connectivity index is 1.18. The van der Waals surface area contributed by atoms with Crippen LogP contribution in [0.4, 0.5) is 21.9 Å². The summed E-state index contributed by atoms with van der Waals surface area (Å²) in [6, 6.07) is 15.3. The molecule has 42 heavy (non-hydrogen) atoms. The second-order valence-corrected chi connectivity index (χ2v) is 12.3. The Morgan fingerprint density at radius 1 is 0.929 bits per heavy atom. The maximum atomic E-state index is 13.5. The zero-order valence-electron chi connectivity index (χ0n) is 25.2. The van der Waals surface area contributed by atoms with Gasteiger partial charge in [-0.3, -0.25) is 14.7 Å². The molecule has 0 bridgehead atoms. The quantitative estimate of drug-likeness (QED) is 0.357. The first-order valence-electron chi connectivity index (χ1n) is 14.7. The highest BCUT2D eigenvalue weighted by atomic mass is 35.5. The molecule has 8 nitrogen and oxygen atoms in total. The van der Waals surface area contributed by atoms with E-state index in [1.807, 2.05) is 93.2 Å². The summed E-state index contributed by atoms with van der Waals surface area (Å²) in [4.78, 5) is 39.4. The van der Waals surface area contributed by atoms with Crippen LogP contribution in [-0.2, 0) is 0 Å². The highest BCUT2D eigenvalue weighted by molar-refractivity contribution is 6.31. The number of anilines is 3. The number of rotatable bonds is 8. The number of carbonyl (C=O) groups is 2. The van der Waals surface area contributed by atoms with Gasteiger partial charge in [0.2, 0.25) is 0 Å². The molecule has 0 spiro atoms. The van der Waals surface area contributed by atoms with Crippen LogP contribution in [0.1, 0.15) is 33.6 Å². The maximum Gasteiger partial charge on any atom is 0.326 e. The molecule has 2 saturated heterocycles. The fourth-order valence-corrected chi connectivity index (χ4v) is 6.37. The van der Waals surface area contributed by atoms with E-state index in [4.69, 9.17) is 11.6 Å². The second-order valence-electron chi connectivity index (χ2n) is 11.9. The van der Waals surface area contributed by atoms with Crippen LogP contribution in [0, 0.1) is 32.6 Å². The number of nitrogens with one attached hydrogen (secondary N) is 1. The lowest BCUT2D eigenvalue weighted by Gasteiger charge is -2.26. The van der Waals surface area contributed by atoms with Gasteiger partial charge >= 0.3 is 6.03 Å². The van der Waals surface area contributed by atoms with E-state index in [-0.39, 0.29) is 11.9 Å². The number of nitrogens with zero attached hydrogens (tertiary/aromatic N) is 5. The van der Waals surface area contributed by atoms with Crippen LogP contribution in [0.2, 0.25) is 5.02 Å². The van der Waals surface area contributed by atoms with Gasteiger partial charge in [-0.15, -0.1) is 0 Å². The standard InChI is InChI=1S/C33H41ClN6O2/c1-22-7-10-29(17-30(22)34)40(33(42)36-27-8-11-28(12-9-27)37(4)5)16-6-15-38-18-25-20-39(21-26(25)19-38)32(41)31-23(2)13-14-35-24(31)3/h7-14,17,25-26H,6,15-16,18-21H2,1-5H3,(H,36,42). The van der Waals surface area contributed by atoms with Gasteiger partial charge in [0.15, 0.2) is 0 Å². The molecule has 3 amide bonds. The molecule has 9 heteroatoms. The topological polar surface area (TPSA) is 72.0 Å². The number of amides is 3. The molecule has 2 aliphatic rings. The monoisotopic (exact) mass is 588 g/mol. The fourth-order valence-electron chi connectivity index (χ4n) is 6.20. The van der Waals surface area contributed by atoms with Crippen molar-refractivity contribution in [2.24, 2.45) is 11.8 Å². The molecule has 5 rings (SSSR count). The molecule has 0 radical (unpaired) electrons. The van der Waals surface area contributed by atoms with Crippen LogP contribution in [0.5, 0.6) is 0 Å². The van der Waals surface area contributed by atoms with Crippen LogP contribution in [-0.4, -0.2) is 80.1 Å². The molecule has 1 aromatic heterocycles. The highest BCUT2D eigenvalue weighted by Crippen LogP contribution is 2.33. The third-order valence-electron chi connectivity index (χ3n) is 8.62. The van der Waals surface area contributed by atoms with Gasteiger partial charge in [-0.05, 0) is 99.2 Å². The zero-order chi connectivity index (χ0) is 30.0. The summed E-state index contributed by atoms with van der Waals surface area (Å²) in [6.45, 7) is 10.8. The van der Waals surface area contributed by atoms with Gasteiger partial charge in [0.25, 0.3) is 5.91 Å². The Labute approximate surface area is 254 Å². The lowest BCUT2D eigenvalue weighted by molar-refractivity contribution is 0.0772. The number of halogens is 1. The van der Waals surface area contributed by atoms with E-state index in [2.05, 4.69) is 15.2 Å². The number of fused-ring (bicyclic) bond motifs is 1. The largest absolute Gasteiger partial charge is 0.378 e. The molecule has 1 N–H and O–H groups in total. The molecule has 2 aliphatic heterocycles. The number of aromatic nitrogens is 1. The lowest BCUT2D eigenvalue weighted by atomic mass is 10.0. The van der Waals surface area contributed by atoms with E-state index in [1.54, 1.807) is 11.1 Å². The van der Waals surface area contributed by atoms with Crippen LogP contribution in [0.15, 0.2) is 54.7 Å². The second kappa shape index (κ2) is 12.7. The molecule has 3 aromatic rings. The number of hydrogen-bond donors (Lipinski definition) is 1. The van der Waals surface area contributed by atoms with Gasteiger partial charge in [0.1, 0.15) is 0 Å². The van der Waals surface area contributed by atoms with Gasteiger partial charge in [0.05, 0.1) is 11.3 Å². The summed E-state index contributed by atoms with van der Waals surface area (Å²) in [5, 5.41) is 3.70. The normalized spacial score (nSPS) is 18.2. The maximum absolute atomic E-state index is 13.5. The van der Waals surface area contributed by atoms with Crippen molar-refractivity contribution in [1.82, 2.24) is 14.8 Å². The van der Waals surface area contributed by atoms with Crippen molar-refractivity contribution in [3.8, 4) is 0 Å². The molecule has 0 aliphatic carbocycles. The van der Waals surface area contributed by atoms with E-state index in [1.165, 1.54) is 0 Å². The molecule has 2 fully saturated rings. The number of urea groups is 1. The number of benzene rings is 2. The average molecular weight is 589 g/mol. The Morgan fingerprint density at radius 2 is 1.60 bits per heavy atom. The van der Waals surface area contributed by atoms with Crippen LogP contribution >= 0.6 is 11.6 Å². The van der Waals surface area contributed by atoms with E-state index in [0.717, 1.165) is 78.6 Å².